The van der Waals surface area contributed by atoms with Crippen LogP contribution in [0.2, 0.25) is 0 Å². The molecular weight excluding hydrogens is 333 g/mol. The summed E-state index contributed by atoms with van der Waals surface area (Å²) in [7, 11) is 0. The van der Waals surface area contributed by atoms with Crippen LogP contribution < -0.4 is 10.2 Å². The fourth-order valence-electron chi connectivity index (χ4n) is 3.86. The fourth-order valence-corrected chi connectivity index (χ4v) is 3.86. The van der Waals surface area contributed by atoms with Gasteiger partial charge in [-0.1, -0.05) is 12.8 Å². The van der Waals surface area contributed by atoms with Crippen molar-refractivity contribution in [2.24, 2.45) is 0 Å². The maximum atomic E-state index is 13.1. The summed E-state index contributed by atoms with van der Waals surface area (Å²) in [6, 6.07) is 3.52. The topological polar surface area (TPSA) is 58.1 Å². The van der Waals surface area contributed by atoms with Crippen molar-refractivity contribution in [3.05, 3.63) is 30.1 Å². The molecule has 1 aromatic heterocycles. The Balaban J connectivity index is 1.83. The number of benzene rings is 1. The van der Waals surface area contributed by atoms with Crippen LogP contribution in [0.3, 0.4) is 0 Å². The Labute approximate surface area is 142 Å². The SMILES string of the molecule is O=C1CN(c2ncnc3ccc(C(F)(F)F)cc23)C2CCCCC2N1. The van der Waals surface area contributed by atoms with Crippen LogP contribution in [0.1, 0.15) is 31.2 Å². The molecule has 2 aliphatic rings. The summed E-state index contributed by atoms with van der Waals surface area (Å²) in [4.78, 5) is 22.3. The van der Waals surface area contributed by atoms with Gasteiger partial charge in [0, 0.05) is 11.4 Å². The summed E-state index contributed by atoms with van der Waals surface area (Å²) in [5, 5.41) is 3.33. The molecule has 1 saturated carbocycles. The van der Waals surface area contributed by atoms with Crippen LogP contribution in [0, 0.1) is 0 Å². The van der Waals surface area contributed by atoms with Gasteiger partial charge in [-0.2, -0.15) is 13.2 Å². The van der Waals surface area contributed by atoms with E-state index in [0.29, 0.717) is 16.7 Å². The number of nitrogens with zero attached hydrogens (tertiary/aromatic N) is 3. The zero-order valence-corrected chi connectivity index (χ0v) is 13.4. The number of amides is 1. The van der Waals surface area contributed by atoms with Gasteiger partial charge in [-0.15, -0.1) is 0 Å². The molecule has 1 saturated heterocycles. The molecule has 2 fully saturated rings. The molecule has 0 bridgehead atoms. The quantitative estimate of drug-likeness (QED) is 0.859. The van der Waals surface area contributed by atoms with Crippen LogP contribution in [-0.2, 0) is 11.0 Å². The van der Waals surface area contributed by atoms with E-state index in [0.717, 1.165) is 37.8 Å². The van der Waals surface area contributed by atoms with Crippen molar-refractivity contribution >= 4 is 22.6 Å². The Hall–Kier alpha value is -2.38. The standard InChI is InChI=1S/C17H17F3N4O/c18-17(19,20)10-5-6-12-11(7-10)16(22-9-21-12)24-8-15(25)23-13-3-1-2-4-14(13)24/h5-7,9,13-14H,1-4,8H2,(H,23,25). The number of carbonyl (C=O) groups excluding carboxylic acids is 1. The third kappa shape index (κ3) is 2.89. The molecule has 25 heavy (non-hydrogen) atoms. The van der Waals surface area contributed by atoms with Crippen LogP contribution in [0.25, 0.3) is 10.9 Å². The van der Waals surface area contributed by atoms with Crippen molar-refractivity contribution in [1.29, 1.82) is 0 Å². The molecule has 4 rings (SSSR count). The summed E-state index contributed by atoms with van der Waals surface area (Å²) in [5.41, 5.74) is -0.297. The highest BCUT2D eigenvalue weighted by molar-refractivity contribution is 5.93. The Morgan fingerprint density at radius 1 is 1.16 bits per heavy atom. The van der Waals surface area contributed by atoms with E-state index in [9.17, 15) is 18.0 Å². The van der Waals surface area contributed by atoms with Gasteiger partial charge >= 0.3 is 6.18 Å². The van der Waals surface area contributed by atoms with Crippen LogP contribution >= 0.6 is 0 Å². The first-order valence-corrected chi connectivity index (χ1v) is 8.31. The van der Waals surface area contributed by atoms with Crippen molar-refractivity contribution in [3.63, 3.8) is 0 Å². The Morgan fingerprint density at radius 3 is 2.76 bits per heavy atom. The summed E-state index contributed by atoms with van der Waals surface area (Å²) in [5.74, 6) is 0.282. The average Bonchev–Trinajstić information content (AvgIpc) is 2.59. The van der Waals surface area contributed by atoms with Gasteiger partial charge in [0.2, 0.25) is 5.91 Å². The first-order chi connectivity index (χ1) is 11.9. The van der Waals surface area contributed by atoms with Crippen molar-refractivity contribution < 1.29 is 18.0 Å². The van der Waals surface area contributed by atoms with Gasteiger partial charge in [-0.25, -0.2) is 9.97 Å². The first kappa shape index (κ1) is 16.1. The molecule has 2 heterocycles. The van der Waals surface area contributed by atoms with Gasteiger partial charge in [0.25, 0.3) is 0 Å². The van der Waals surface area contributed by atoms with Gasteiger partial charge in [-0.3, -0.25) is 4.79 Å². The minimum Gasteiger partial charge on any atom is -0.350 e. The van der Waals surface area contributed by atoms with E-state index in [-0.39, 0.29) is 24.5 Å². The Kier molecular flexibility index (Phi) is 3.77. The molecule has 8 heteroatoms. The highest BCUT2D eigenvalue weighted by Gasteiger charge is 2.38. The van der Waals surface area contributed by atoms with E-state index in [2.05, 4.69) is 15.3 Å². The predicted molar refractivity (Wildman–Crippen MR) is 86.1 cm³/mol. The largest absolute Gasteiger partial charge is 0.416 e. The van der Waals surface area contributed by atoms with Gasteiger partial charge in [0.1, 0.15) is 12.1 Å². The monoisotopic (exact) mass is 350 g/mol. The molecule has 1 N–H and O–H groups in total. The average molecular weight is 350 g/mol. The molecule has 0 spiro atoms. The number of hydrogen-bond acceptors (Lipinski definition) is 4. The number of alkyl halides is 3. The predicted octanol–water partition coefficient (Wildman–Crippen LogP) is 2.90. The number of hydrogen-bond donors (Lipinski definition) is 1. The zero-order chi connectivity index (χ0) is 17.6. The highest BCUT2D eigenvalue weighted by atomic mass is 19.4. The Morgan fingerprint density at radius 2 is 1.96 bits per heavy atom. The number of piperazine rings is 1. The number of fused-ring (bicyclic) bond motifs is 2. The number of halogens is 3. The summed E-state index contributed by atoms with van der Waals surface area (Å²) >= 11 is 0. The maximum absolute atomic E-state index is 13.1. The van der Waals surface area contributed by atoms with Gasteiger partial charge in [0.15, 0.2) is 0 Å². The molecule has 132 valence electrons. The maximum Gasteiger partial charge on any atom is 0.416 e. The number of rotatable bonds is 1. The molecule has 2 unspecified atom stereocenters. The van der Waals surface area contributed by atoms with E-state index in [4.69, 9.17) is 0 Å². The molecule has 5 nitrogen and oxygen atoms in total. The first-order valence-electron chi connectivity index (χ1n) is 8.31. The lowest BCUT2D eigenvalue weighted by Crippen LogP contribution is -2.62. The van der Waals surface area contributed by atoms with Crippen LogP contribution in [0.15, 0.2) is 24.5 Å². The summed E-state index contributed by atoms with van der Waals surface area (Å²) < 4.78 is 39.3. The smallest absolute Gasteiger partial charge is 0.350 e. The Bertz CT molecular complexity index is 823. The van der Waals surface area contributed by atoms with Crippen LogP contribution in [0.4, 0.5) is 19.0 Å². The summed E-state index contributed by atoms with van der Waals surface area (Å²) in [6.07, 6.45) is 0.741. The third-order valence-electron chi connectivity index (χ3n) is 5.00. The molecule has 0 radical (unpaired) electrons. The normalized spacial score (nSPS) is 24.1. The molecule has 1 aliphatic carbocycles. The number of aromatic nitrogens is 2. The third-order valence-corrected chi connectivity index (χ3v) is 5.00. The van der Waals surface area contributed by atoms with Crippen molar-refractivity contribution in [2.45, 2.75) is 43.9 Å². The van der Waals surface area contributed by atoms with E-state index >= 15 is 0 Å². The minimum atomic E-state index is -4.44. The molecule has 1 amide bonds. The lowest BCUT2D eigenvalue weighted by atomic mass is 9.87. The van der Waals surface area contributed by atoms with E-state index in [1.54, 1.807) is 0 Å². The summed E-state index contributed by atoms with van der Waals surface area (Å²) in [6.45, 7) is 0.101. The second-order valence-electron chi connectivity index (χ2n) is 6.58. The molecule has 1 aromatic carbocycles. The highest BCUT2D eigenvalue weighted by Crippen LogP contribution is 2.36. The van der Waals surface area contributed by atoms with Crippen LogP contribution in [-0.4, -0.2) is 34.5 Å². The lowest BCUT2D eigenvalue weighted by molar-refractivity contribution is -0.137. The number of nitrogens with one attached hydrogen (secondary N) is 1. The zero-order valence-electron chi connectivity index (χ0n) is 13.4. The second-order valence-corrected chi connectivity index (χ2v) is 6.58. The fraction of sp³-hybridized carbons (Fsp3) is 0.471. The number of carbonyl (C=O) groups is 1. The van der Waals surface area contributed by atoms with E-state index in [1.807, 2.05) is 4.90 Å². The lowest BCUT2D eigenvalue weighted by Gasteiger charge is -2.44. The molecule has 1 aliphatic heterocycles. The van der Waals surface area contributed by atoms with E-state index in [1.165, 1.54) is 12.4 Å². The molecule has 2 atom stereocenters. The van der Waals surface area contributed by atoms with Crippen molar-refractivity contribution in [2.75, 3.05) is 11.4 Å². The van der Waals surface area contributed by atoms with Gasteiger partial charge < -0.3 is 10.2 Å². The second kappa shape index (κ2) is 5.86. The van der Waals surface area contributed by atoms with Gasteiger partial charge in [0.05, 0.1) is 23.7 Å². The van der Waals surface area contributed by atoms with Gasteiger partial charge in [-0.05, 0) is 31.0 Å². The molecular formula is C17H17F3N4O. The number of anilines is 1. The molecule has 2 aromatic rings. The van der Waals surface area contributed by atoms with Crippen molar-refractivity contribution in [3.8, 4) is 0 Å². The minimum absolute atomic E-state index is 0.0193. The van der Waals surface area contributed by atoms with Crippen molar-refractivity contribution in [1.82, 2.24) is 15.3 Å². The van der Waals surface area contributed by atoms with E-state index < -0.39 is 11.7 Å². The van der Waals surface area contributed by atoms with Crippen LogP contribution in [0.5, 0.6) is 0 Å².